The average molecular weight is 441 g/mol. The molecule has 2 amide bonds. The van der Waals surface area contributed by atoms with E-state index in [1.807, 2.05) is 63.2 Å². The molecule has 2 unspecified atom stereocenters. The number of carbonyl (C=O) groups excluding carboxylic acids is 2. The predicted molar refractivity (Wildman–Crippen MR) is 127 cm³/mol. The first-order valence-corrected chi connectivity index (χ1v) is 11.1. The number of benzene rings is 2. The van der Waals surface area contributed by atoms with Gasteiger partial charge >= 0.3 is 0 Å². The van der Waals surface area contributed by atoms with Gasteiger partial charge in [-0.15, -0.1) is 0 Å². The fourth-order valence-corrected chi connectivity index (χ4v) is 3.37. The molecule has 2 aromatic rings. The predicted octanol–water partition coefficient (Wildman–Crippen LogP) is 4.28. The van der Waals surface area contributed by atoms with Crippen LogP contribution in [0.3, 0.4) is 0 Å². The normalized spacial score (nSPS) is 12.6. The van der Waals surface area contributed by atoms with Crippen molar-refractivity contribution in [3.63, 3.8) is 0 Å². The zero-order valence-corrected chi connectivity index (χ0v) is 20.1. The molecule has 0 heterocycles. The van der Waals surface area contributed by atoms with E-state index >= 15 is 0 Å². The molecule has 0 bridgehead atoms. The van der Waals surface area contributed by atoms with E-state index in [0.29, 0.717) is 30.9 Å². The van der Waals surface area contributed by atoms with Crippen LogP contribution in [0.25, 0.3) is 0 Å². The zero-order valence-electron chi connectivity index (χ0n) is 20.1. The Morgan fingerprint density at radius 3 is 2.19 bits per heavy atom. The maximum absolute atomic E-state index is 13.3. The SMILES string of the molecule is CCC(C)NC(=O)C(C)N(Cc1ccc(C)cc1)C(=O)CCc1ccc(OC)c(OC)c1. The summed E-state index contributed by atoms with van der Waals surface area (Å²) in [4.78, 5) is 27.7. The maximum atomic E-state index is 13.3. The highest BCUT2D eigenvalue weighted by molar-refractivity contribution is 5.87. The van der Waals surface area contributed by atoms with E-state index in [2.05, 4.69) is 5.32 Å². The van der Waals surface area contributed by atoms with Gasteiger partial charge in [-0.25, -0.2) is 0 Å². The fourth-order valence-electron chi connectivity index (χ4n) is 3.37. The molecular weight excluding hydrogens is 404 g/mol. The van der Waals surface area contributed by atoms with Crippen LogP contribution in [0.15, 0.2) is 42.5 Å². The Hall–Kier alpha value is -3.02. The Labute approximate surface area is 191 Å². The van der Waals surface area contributed by atoms with Crippen molar-refractivity contribution in [1.29, 1.82) is 0 Å². The van der Waals surface area contributed by atoms with E-state index in [9.17, 15) is 9.59 Å². The van der Waals surface area contributed by atoms with E-state index in [1.165, 1.54) is 0 Å². The molecule has 0 saturated carbocycles. The summed E-state index contributed by atoms with van der Waals surface area (Å²) < 4.78 is 10.6. The van der Waals surface area contributed by atoms with Gasteiger partial charge in [-0.3, -0.25) is 9.59 Å². The van der Waals surface area contributed by atoms with Gasteiger partial charge in [0.25, 0.3) is 0 Å². The van der Waals surface area contributed by atoms with Crippen LogP contribution in [0.1, 0.15) is 50.3 Å². The molecule has 0 aromatic heterocycles. The minimum absolute atomic E-state index is 0.0628. The van der Waals surface area contributed by atoms with Crippen LogP contribution < -0.4 is 14.8 Å². The van der Waals surface area contributed by atoms with Crippen molar-refractivity contribution < 1.29 is 19.1 Å². The number of ether oxygens (including phenoxy) is 2. The molecule has 0 spiro atoms. The van der Waals surface area contributed by atoms with E-state index in [-0.39, 0.29) is 17.9 Å². The highest BCUT2D eigenvalue weighted by Crippen LogP contribution is 2.28. The number of carbonyl (C=O) groups is 2. The Bertz CT molecular complexity index is 895. The lowest BCUT2D eigenvalue weighted by atomic mass is 10.1. The monoisotopic (exact) mass is 440 g/mol. The molecule has 2 aromatic carbocycles. The maximum Gasteiger partial charge on any atom is 0.242 e. The number of hydrogen-bond acceptors (Lipinski definition) is 4. The van der Waals surface area contributed by atoms with E-state index in [4.69, 9.17) is 9.47 Å². The lowest BCUT2D eigenvalue weighted by molar-refractivity contribution is -0.140. The summed E-state index contributed by atoms with van der Waals surface area (Å²) in [5.41, 5.74) is 3.13. The third kappa shape index (κ3) is 7.01. The van der Waals surface area contributed by atoms with Crippen LogP contribution in [0.4, 0.5) is 0 Å². The second kappa shape index (κ2) is 12.1. The minimum atomic E-state index is -0.566. The third-order valence-corrected chi connectivity index (χ3v) is 5.72. The molecule has 2 atom stereocenters. The van der Waals surface area contributed by atoms with E-state index in [0.717, 1.165) is 23.1 Å². The average Bonchev–Trinajstić information content (AvgIpc) is 2.81. The van der Waals surface area contributed by atoms with Crippen LogP contribution >= 0.6 is 0 Å². The third-order valence-electron chi connectivity index (χ3n) is 5.72. The first-order valence-electron chi connectivity index (χ1n) is 11.1. The molecule has 32 heavy (non-hydrogen) atoms. The highest BCUT2D eigenvalue weighted by Gasteiger charge is 2.26. The van der Waals surface area contributed by atoms with Gasteiger partial charge < -0.3 is 19.7 Å². The smallest absolute Gasteiger partial charge is 0.242 e. The number of hydrogen-bond donors (Lipinski definition) is 1. The number of methoxy groups -OCH3 is 2. The molecule has 1 N–H and O–H groups in total. The standard InChI is InChI=1S/C26H36N2O4/c1-7-19(3)27-26(30)20(4)28(17-22-10-8-18(2)9-11-22)25(29)15-13-21-12-14-23(31-5)24(16-21)32-6/h8-12,14,16,19-20H,7,13,15,17H2,1-6H3,(H,27,30). The molecule has 0 radical (unpaired) electrons. The zero-order chi connectivity index (χ0) is 23.7. The molecular formula is C26H36N2O4. The van der Waals surface area contributed by atoms with Crippen LogP contribution in [0.2, 0.25) is 0 Å². The van der Waals surface area contributed by atoms with Gasteiger partial charge in [0.05, 0.1) is 14.2 Å². The Kier molecular flexibility index (Phi) is 9.57. The number of amides is 2. The van der Waals surface area contributed by atoms with Crippen LogP contribution in [-0.2, 0) is 22.6 Å². The topological polar surface area (TPSA) is 67.9 Å². The second-order valence-corrected chi connectivity index (χ2v) is 8.19. The van der Waals surface area contributed by atoms with Gasteiger partial charge in [-0.05, 0) is 56.9 Å². The Balaban J connectivity index is 2.17. The first-order chi connectivity index (χ1) is 15.3. The van der Waals surface area contributed by atoms with E-state index < -0.39 is 6.04 Å². The lowest BCUT2D eigenvalue weighted by Crippen LogP contribution is -2.49. The summed E-state index contributed by atoms with van der Waals surface area (Å²) in [6.07, 6.45) is 1.68. The molecule has 0 aliphatic carbocycles. The molecule has 0 fully saturated rings. The van der Waals surface area contributed by atoms with Gasteiger partial charge in [0.1, 0.15) is 6.04 Å². The number of nitrogens with zero attached hydrogens (tertiary/aromatic N) is 1. The summed E-state index contributed by atoms with van der Waals surface area (Å²) in [6.45, 7) is 8.19. The van der Waals surface area contributed by atoms with Crippen LogP contribution in [0.5, 0.6) is 11.5 Å². The summed E-state index contributed by atoms with van der Waals surface area (Å²) in [5, 5.41) is 3.00. The van der Waals surface area contributed by atoms with Crippen molar-refractivity contribution in [2.75, 3.05) is 14.2 Å². The number of nitrogens with one attached hydrogen (secondary N) is 1. The Morgan fingerprint density at radius 2 is 1.59 bits per heavy atom. The summed E-state index contributed by atoms with van der Waals surface area (Å²) in [6, 6.07) is 13.2. The van der Waals surface area contributed by atoms with Gasteiger partial charge in [-0.1, -0.05) is 42.8 Å². The lowest BCUT2D eigenvalue weighted by Gasteiger charge is -2.30. The summed E-state index contributed by atoms with van der Waals surface area (Å²) in [7, 11) is 3.18. The van der Waals surface area contributed by atoms with Gasteiger partial charge in [0.15, 0.2) is 11.5 Å². The van der Waals surface area contributed by atoms with Crippen molar-refractivity contribution in [3.05, 3.63) is 59.2 Å². The molecule has 6 heteroatoms. The van der Waals surface area contributed by atoms with Gasteiger partial charge in [0.2, 0.25) is 11.8 Å². The first kappa shape index (κ1) is 25.2. The summed E-state index contributed by atoms with van der Waals surface area (Å²) in [5.74, 6) is 1.09. The molecule has 0 aliphatic heterocycles. The number of rotatable bonds is 11. The van der Waals surface area contributed by atoms with Crippen molar-refractivity contribution in [3.8, 4) is 11.5 Å². The van der Waals surface area contributed by atoms with Crippen molar-refractivity contribution >= 4 is 11.8 Å². The molecule has 0 aliphatic rings. The quantitative estimate of drug-likeness (QED) is 0.566. The summed E-state index contributed by atoms with van der Waals surface area (Å²) >= 11 is 0. The molecule has 6 nitrogen and oxygen atoms in total. The highest BCUT2D eigenvalue weighted by atomic mass is 16.5. The largest absolute Gasteiger partial charge is 0.493 e. The fraction of sp³-hybridized carbons (Fsp3) is 0.462. The minimum Gasteiger partial charge on any atom is -0.493 e. The van der Waals surface area contributed by atoms with Gasteiger partial charge in [-0.2, -0.15) is 0 Å². The van der Waals surface area contributed by atoms with Crippen molar-refractivity contribution in [2.45, 2.75) is 65.6 Å². The molecule has 174 valence electrons. The van der Waals surface area contributed by atoms with Gasteiger partial charge in [0, 0.05) is 19.0 Å². The molecule has 0 saturated heterocycles. The molecule has 2 rings (SSSR count). The van der Waals surface area contributed by atoms with Crippen molar-refractivity contribution in [1.82, 2.24) is 10.2 Å². The van der Waals surface area contributed by atoms with Crippen molar-refractivity contribution in [2.24, 2.45) is 0 Å². The van der Waals surface area contributed by atoms with Crippen LogP contribution in [0, 0.1) is 6.92 Å². The Morgan fingerprint density at radius 1 is 0.969 bits per heavy atom. The number of aryl methyl sites for hydroxylation is 2. The van der Waals surface area contributed by atoms with E-state index in [1.54, 1.807) is 26.0 Å². The second-order valence-electron chi connectivity index (χ2n) is 8.19. The van der Waals surface area contributed by atoms with Crippen LogP contribution in [-0.4, -0.2) is 43.0 Å².